The van der Waals surface area contributed by atoms with Gasteiger partial charge in [-0.2, -0.15) is 0 Å². The maximum Gasteiger partial charge on any atom is 0.472 e. The van der Waals surface area contributed by atoms with E-state index in [1.54, 1.807) is 0 Å². The number of unbranched alkanes of at least 4 members (excludes halogenated alkanes) is 34. The monoisotopic (exact) mass is 1110 g/mol. The number of likely N-dealkylation sites (N-methyl/N-ethyl adjacent to an activating group) is 1. The predicted molar refractivity (Wildman–Crippen MR) is 335 cm³/mol. The van der Waals surface area contributed by atoms with Crippen molar-refractivity contribution in [3.8, 4) is 0 Å². The van der Waals surface area contributed by atoms with Gasteiger partial charge in [0.05, 0.1) is 27.7 Å². The van der Waals surface area contributed by atoms with E-state index in [4.69, 9.17) is 18.5 Å². The molecule has 0 aromatic heterocycles. The van der Waals surface area contributed by atoms with Gasteiger partial charge in [-0.3, -0.25) is 18.6 Å². The molecule has 78 heavy (non-hydrogen) atoms. The van der Waals surface area contributed by atoms with Crippen LogP contribution >= 0.6 is 7.82 Å². The molecule has 2 unspecified atom stereocenters. The maximum absolute atomic E-state index is 12.9. The standard InChI is InChI=1S/C68H124NO8P/c1-6-8-10-12-14-16-18-20-22-24-26-27-28-29-30-31-32-33-34-35-36-37-38-39-40-41-43-45-47-49-51-53-55-57-59-61-68(71)77-66(65-76-78(72,73)75-63-62-69(3,4)5)64-74-67(70)60-58-56-54-52-50-48-46-44-42-25-23-21-19-17-15-13-11-9-7-2/h8,10,14-17,20-23,26-27,66H,6-7,9,11-13,18-19,24-25,28-65H2,1-5H3/p+1/b10-8-,16-14-,17-15-,22-20-,23-21-,27-26-. The van der Waals surface area contributed by atoms with Gasteiger partial charge in [0.1, 0.15) is 19.8 Å². The molecule has 0 aromatic rings. The third-order valence-corrected chi connectivity index (χ3v) is 15.2. The second-order valence-corrected chi connectivity index (χ2v) is 24.6. The van der Waals surface area contributed by atoms with E-state index >= 15 is 0 Å². The number of carbonyl (C=O) groups excluding carboxylic acids is 2. The molecule has 1 N–H and O–H groups in total. The Morgan fingerprint density at radius 2 is 0.731 bits per heavy atom. The smallest absolute Gasteiger partial charge is 0.462 e. The lowest BCUT2D eigenvalue weighted by atomic mass is 10.0. The van der Waals surface area contributed by atoms with Gasteiger partial charge in [0.2, 0.25) is 0 Å². The zero-order valence-electron chi connectivity index (χ0n) is 51.6. The van der Waals surface area contributed by atoms with E-state index in [0.29, 0.717) is 17.4 Å². The summed E-state index contributed by atoms with van der Waals surface area (Å²) in [6.45, 7) is 4.33. The molecule has 0 fully saturated rings. The molecule has 0 radical (unpaired) electrons. The van der Waals surface area contributed by atoms with Gasteiger partial charge >= 0.3 is 19.8 Å². The molecule has 0 spiro atoms. The molecule has 0 bridgehead atoms. The number of hydrogen-bond donors (Lipinski definition) is 1. The van der Waals surface area contributed by atoms with Gasteiger partial charge in [0.15, 0.2) is 6.10 Å². The topological polar surface area (TPSA) is 108 Å². The van der Waals surface area contributed by atoms with Crippen LogP contribution in [0.1, 0.15) is 296 Å². The maximum atomic E-state index is 12.9. The second kappa shape index (κ2) is 59.1. The van der Waals surface area contributed by atoms with Gasteiger partial charge in [-0.05, 0) is 83.5 Å². The van der Waals surface area contributed by atoms with E-state index in [2.05, 4.69) is 86.8 Å². The van der Waals surface area contributed by atoms with Crippen LogP contribution in [-0.2, 0) is 32.7 Å². The minimum absolute atomic E-state index is 0.0309. The number of nitrogens with zero attached hydrogens (tertiary/aromatic N) is 1. The Morgan fingerprint density at radius 3 is 1.09 bits per heavy atom. The van der Waals surface area contributed by atoms with Crippen LogP contribution in [0.4, 0.5) is 0 Å². The fraction of sp³-hybridized carbons (Fsp3) is 0.794. The van der Waals surface area contributed by atoms with Crippen LogP contribution in [0.3, 0.4) is 0 Å². The zero-order valence-corrected chi connectivity index (χ0v) is 52.5. The van der Waals surface area contributed by atoms with E-state index in [1.807, 2.05) is 21.1 Å². The third kappa shape index (κ3) is 62.6. The van der Waals surface area contributed by atoms with E-state index in [-0.39, 0.29) is 32.0 Å². The van der Waals surface area contributed by atoms with Crippen molar-refractivity contribution in [1.82, 2.24) is 0 Å². The summed E-state index contributed by atoms with van der Waals surface area (Å²) in [6.07, 6.45) is 78.5. The molecule has 10 heteroatoms. The lowest BCUT2D eigenvalue weighted by Gasteiger charge is -2.24. The van der Waals surface area contributed by atoms with Crippen LogP contribution in [0.25, 0.3) is 0 Å². The summed E-state index contributed by atoms with van der Waals surface area (Å²) >= 11 is 0. The van der Waals surface area contributed by atoms with Crippen LogP contribution in [0.5, 0.6) is 0 Å². The molecule has 0 aliphatic rings. The average molecular weight is 1120 g/mol. The second-order valence-electron chi connectivity index (χ2n) is 23.1. The molecule has 9 nitrogen and oxygen atoms in total. The van der Waals surface area contributed by atoms with Crippen molar-refractivity contribution in [3.05, 3.63) is 72.9 Å². The molecule has 0 rings (SSSR count). The largest absolute Gasteiger partial charge is 0.472 e. The number of phosphoric ester groups is 1. The predicted octanol–water partition coefficient (Wildman–Crippen LogP) is 20.8. The van der Waals surface area contributed by atoms with Crippen LogP contribution in [0.2, 0.25) is 0 Å². The molecule has 2 atom stereocenters. The number of quaternary nitrogens is 1. The number of ether oxygens (including phenoxy) is 2. The molecule has 0 saturated carbocycles. The van der Waals surface area contributed by atoms with Crippen molar-refractivity contribution in [2.24, 2.45) is 0 Å². The number of hydrogen-bond acceptors (Lipinski definition) is 7. The zero-order chi connectivity index (χ0) is 57.0. The Kier molecular flexibility index (Phi) is 57.2. The first kappa shape index (κ1) is 75.5. The first-order chi connectivity index (χ1) is 38.0. The first-order valence-corrected chi connectivity index (χ1v) is 34.2. The normalized spacial score (nSPS) is 13.7. The Bertz CT molecular complexity index is 1550. The Balaban J connectivity index is 4.00. The van der Waals surface area contributed by atoms with E-state index in [1.165, 1.54) is 199 Å². The molecule has 0 aliphatic heterocycles. The van der Waals surface area contributed by atoms with Gasteiger partial charge in [0, 0.05) is 12.8 Å². The van der Waals surface area contributed by atoms with Crippen molar-refractivity contribution in [2.45, 2.75) is 302 Å². The lowest BCUT2D eigenvalue weighted by molar-refractivity contribution is -0.870. The van der Waals surface area contributed by atoms with Gasteiger partial charge in [-0.25, -0.2) is 4.57 Å². The molecule has 0 saturated heterocycles. The number of allylic oxidation sites excluding steroid dienone is 12. The van der Waals surface area contributed by atoms with Crippen LogP contribution < -0.4 is 0 Å². The van der Waals surface area contributed by atoms with Gasteiger partial charge in [-0.15, -0.1) is 0 Å². The number of phosphoric acid groups is 1. The van der Waals surface area contributed by atoms with E-state index in [0.717, 1.165) is 64.2 Å². The summed E-state index contributed by atoms with van der Waals surface area (Å²) in [4.78, 5) is 35.8. The Hall–Kier alpha value is -2.55. The average Bonchev–Trinajstić information content (AvgIpc) is 3.41. The number of carbonyl (C=O) groups is 2. The summed E-state index contributed by atoms with van der Waals surface area (Å²) < 4.78 is 34.6. The molecule has 454 valence electrons. The SMILES string of the molecule is CC/C=C\C/C=C\C/C=C\C/C=C\CCCCCCCCCCCCCCCCCCCCCCCCC(=O)OC(COC(=O)CCCCCCCCCCC/C=C\C/C=C\CCCCC)COP(=O)(O)OCC[N+](C)(C)C. The van der Waals surface area contributed by atoms with Crippen LogP contribution in [0, 0.1) is 0 Å². The van der Waals surface area contributed by atoms with Crippen LogP contribution in [0.15, 0.2) is 72.9 Å². The van der Waals surface area contributed by atoms with Crippen molar-refractivity contribution >= 4 is 19.8 Å². The summed E-state index contributed by atoms with van der Waals surface area (Å²) in [6, 6.07) is 0. The highest BCUT2D eigenvalue weighted by atomic mass is 31.2. The number of esters is 2. The summed E-state index contributed by atoms with van der Waals surface area (Å²) in [7, 11) is 1.48. The molecular weight excluding hydrogens is 990 g/mol. The minimum Gasteiger partial charge on any atom is -0.462 e. The molecule has 0 heterocycles. The quantitative estimate of drug-likeness (QED) is 0.0211. The molecule has 0 aliphatic carbocycles. The fourth-order valence-electron chi connectivity index (χ4n) is 9.22. The van der Waals surface area contributed by atoms with E-state index in [9.17, 15) is 19.0 Å². The van der Waals surface area contributed by atoms with E-state index < -0.39 is 26.5 Å². The summed E-state index contributed by atoms with van der Waals surface area (Å²) in [5, 5.41) is 0. The highest BCUT2D eigenvalue weighted by Gasteiger charge is 2.27. The molecule has 0 amide bonds. The lowest BCUT2D eigenvalue weighted by Crippen LogP contribution is -2.37. The van der Waals surface area contributed by atoms with Crippen LogP contribution in [-0.4, -0.2) is 74.9 Å². The van der Waals surface area contributed by atoms with Crippen molar-refractivity contribution in [2.75, 3.05) is 47.5 Å². The first-order valence-electron chi connectivity index (χ1n) is 32.7. The highest BCUT2D eigenvalue weighted by molar-refractivity contribution is 7.47. The fourth-order valence-corrected chi connectivity index (χ4v) is 9.96. The molecular formula is C68H125NO8P+. The highest BCUT2D eigenvalue weighted by Crippen LogP contribution is 2.43. The third-order valence-electron chi connectivity index (χ3n) is 14.2. The minimum atomic E-state index is -4.39. The van der Waals surface area contributed by atoms with Gasteiger partial charge in [-0.1, -0.05) is 273 Å². The summed E-state index contributed by atoms with van der Waals surface area (Å²) in [5.74, 6) is -0.791. The number of rotatable bonds is 60. The van der Waals surface area contributed by atoms with Gasteiger partial charge in [0.25, 0.3) is 0 Å². The van der Waals surface area contributed by atoms with Crippen molar-refractivity contribution in [3.63, 3.8) is 0 Å². The molecule has 0 aromatic carbocycles. The van der Waals surface area contributed by atoms with Gasteiger partial charge < -0.3 is 18.9 Å². The summed E-state index contributed by atoms with van der Waals surface area (Å²) in [5.41, 5.74) is 0. The Morgan fingerprint density at radius 1 is 0.410 bits per heavy atom. The van der Waals surface area contributed by atoms with Crippen molar-refractivity contribution < 1.29 is 42.1 Å². The van der Waals surface area contributed by atoms with Crippen molar-refractivity contribution in [1.29, 1.82) is 0 Å². The Labute approximate surface area is 482 Å².